The maximum atomic E-state index is 5.75. The van der Waals surface area contributed by atoms with Crippen LogP contribution in [-0.2, 0) is 10.2 Å². The van der Waals surface area contributed by atoms with Gasteiger partial charge in [-0.15, -0.1) is 0 Å². The van der Waals surface area contributed by atoms with Gasteiger partial charge in [0.05, 0.1) is 12.0 Å². The highest BCUT2D eigenvalue weighted by molar-refractivity contribution is 9.10. The van der Waals surface area contributed by atoms with E-state index in [1.807, 2.05) is 12.1 Å². The summed E-state index contributed by atoms with van der Waals surface area (Å²) in [5.74, 6) is 0.930. The predicted octanol–water partition coefficient (Wildman–Crippen LogP) is 1.66. The predicted molar refractivity (Wildman–Crippen MR) is 52.6 cm³/mol. The van der Waals surface area contributed by atoms with Crippen LogP contribution >= 0.6 is 15.9 Å². The van der Waals surface area contributed by atoms with Gasteiger partial charge in [0.25, 0.3) is 0 Å². The van der Waals surface area contributed by atoms with Crippen molar-refractivity contribution in [2.75, 3.05) is 19.8 Å². The molecular formula is C9H12BrNO2. The fourth-order valence-electron chi connectivity index (χ4n) is 1.66. The number of hydrogen-bond donors (Lipinski definition) is 1. The molecule has 1 aliphatic heterocycles. The van der Waals surface area contributed by atoms with Crippen molar-refractivity contribution in [2.45, 2.75) is 11.8 Å². The molecule has 0 amide bonds. The minimum Gasteiger partial charge on any atom is -0.454 e. The molecule has 1 fully saturated rings. The molecule has 2 N–H and O–H groups in total. The maximum absolute atomic E-state index is 5.75. The molecule has 0 aliphatic carbocycles. The first kappa shape index (κ1) is 9.24. The van der Waals surface area contributed by atoms with Crippen LogP contribution in [0.4, 0.5) is 0 Å². The van der Waals surface area contributed by atoms with Gasteiger partial charge in [-0.05, 0) is 34.5 Å². The Hall–Kier alpha value is -0.320. The molecule has 2 rings (SSSR count). The maximum Gasteiger partial charge on any atom is 0.169 e. The van der Waals surface area contributed by atoms with Gasteiger partial charge in [-0.2, -0.15) is 0 Å². The Kier molecular flexibility index (Phi) is 2.45. The van der Waals surface area contributed by atoms with Crippen molar-refractivity contribution in [1.82, 2.24) is 0 Å². The molecule has 4 heteroatoms. The number of halogens is 1. The Morgan fingerprint density at radius 2 is 2.38 bits per heavy atom. The van der Waals surface area contributed by atoms with Crippen LogP contribution in [-0.4, -0.2) is 19.8 Å². The summed E-state index contributed by atoms with van der Waals surface area (Å²) in [5.41, 5.74) is 5.66. The van der Waals surface area contributed by atoms with Crippen LogP contribution in [0.2, 0.25) is 0 Å². The lowest BCUT2D eigenvalue weighted by atomic mass is 9.85. The van der Waals surface area contributed by atoms with Gasteiger partial charge in [0.15, 0.2) is 4.67 Å². The highest BCUT2D eigenvalue weighted by Crippen LogP contribution is 2.34. The smallest absolute Gasteiger partial charge is 0.169 e. The van der Waals surface area contributed by atoms with Crippen LogP contribution in [0, 0.1) is 0 Å². The van der Waals surface area contributed by atoms with E-state index in [9.17, 15) is 0 Å². The Bertz CT molecular complexity index is 292. The monoisotopic (exact) mass is 245 g/mol. The summed E-state index contributed by atoms with van der Waals surface area (Å²) in [6.45, 7) is 2.02. The Morgan fingerprint density at radius 1 is 1.54 bits per heavy atom. The molecule has 1 aromatic heterocycles. The van der Waals surface area contributed by atoms with Crippen LogP contribution in [0.25, 0.3) is 0 Å². The van der Waals surface area contributed by atoms with Gasteiger partial charge in [0.2, 0.25) is 0 Å². The van der Waals surface area contributed by atoms with Crippen LogP contribution in [0.5, 0.6) is 0 Å². The van der Waals surface area contributed by atoms with E-state index in [0.29, 0.717) is 13.2 Å². The van der Waals surface area contributed by atoms with E-state index < -0.39 is 0 Å². The lowest BCUT2D eigenvalue weighted by molar-refractivity contribution is 0.171. The van der Waals surface area contributed by atoms with Gasteiger partial charge in [0.1, 0.15) is 5.76 Å². The van der Waals surface area contributed by atoms with Gasteiger partial charge in [-0.3, -0.25) is 0 Å². The van der Waals surface area contributed by atoms with E-state index in [1.165, 1.54) is 0 Å². The van der Waals surface area contributed by atoms with Crippen LogP contribution < -0.4 is 5.73 Å². The minimum absolute atomic E-state index is 0.0912. The second-order valence-corrected chi connectivity index (χ2v) is 4.17. The van der Waals surface area contributed by atoms with Crippen molar-refractivity contribution in [3.05, 3.63) is 22.6 Å². The lowest BCUT2D eigenvalue weighted by Crippen LogP contribution is -2.35. The molecule has 13 heavy (non-hydrogen) atoms. The molecule has 0 radical (unpaired) electrons. The standard InChI is InChI=1S/C9H12BrNO2/c10-8-2-1-7(13-8)9(5-11)3-4-12-6-9/h1-2H,3-6,11H2. The normalized spacial score (nSPS) is 28.2. The number of furan rings is 1. The van der Waals surface area contributed by atoms with Crippen molar-refractivity contribution < 1.29 is 9.15 Å². The van der Waals surface area contributed by atoms with Crippen molar-refractivity contribution >= 4 is 15.9 Å². The molecule has 2 heterocycles. The number of nitrogens with two attached hydrogens (primary N) is 1. The van der Waals surface area contributed by atoms with E-state index in [1.54, 1.807) is 0 Å². The fourth-order valence-corrected chi connectivity index (χ4v) is 1.97. The second-order valence-electron chi connectivity index (χ2n) is 3.39. The van der Waals surface area contributed by atoms with Gasteiger partial charge < -0.3 is 14.9 Å². The Labute approximate surface area is 85.4 Å². The highest BCUT2D eigenvalue weighted by Gasteiger charge is 2.38. The SMILES string of the molecule is NCC1(c2ccc(Br)o2)CCOC1. The molecule has 1 aliphatic rings. The summed E-state index contributed by atoms with van der Waals surface area (Å²) in [5, 5.41) is 0. The summed E-state index contributed by atoms with van der Waals surface area (Å²) in [6.07, 6.45) is 0.948. The van der Waals surface area contributed by atoms with Crippen molar-refractivity contribution in [2.24, 2.45) is 5.73 Å². The summed E-state index contributed by atoms with van der Waals surface area (Å²) < 4.78 is 11.6. The summed E-state index contributed by atoms with van der Waals surface area (Å²) in [4.78, 5) is 0. The lowest BCUT2D eigenvalue weighted by Gasteiger charge is -2.22. The van der Waals surface area contributed by atoms with E-state index in [-0.39, 0.29) is 5.41 Å². The number of rotatable bonds is 2. The Balaban J connectivity index is 2.30. The van der Waals surface area contributed by atoms with Crippen molar-refractivity contribution in [3.8, 4) is 0 Å². The Morgan fingerprint density at radius 3 is 2.85 bits per heavy atom. The zero-order valence-corrected chi connectivity index (χ0v) is 8.84. The first-order valence-electron chi connectivity index (χ1n) is 4.30. The number of ether oxygens (including phenoxy) is 1. The van der Waals surface area contributed by atoms with Crippen molar-refractivity contribution in [3.63, 3.8) is 0 Å². The highest BCUT2D eigenvalue weighted by atomic mass is 79.9. The first-order valence-corrected chi connectivity index (χ1v) is 5.10. The van der Waals surface area contributed by atoms with Gasteiger partial charge in [-0.25, -0.2) is 0 Å². The second kappa shape index (κ2) is 3.44. The topological polar surface area (TPSA) is 48.4 Å². The molecule has 0 spiro atoms. The third-order valence-electron chi connectivity index (χ3n) is 2.59. The average molecular weight is 246 g/mol. The summed E-state index contributed by atoms with van der Waals surface area (Å²) in [7, 11) is 0. The number of hydrogen-bond acceptors (Lipinski definition) is 3. The van der Waals surface area contributed by atoms with Gasteiger partial charge in [-0.1, -0.05) is 0 Å². The van der Waals surface area contributed by atoms with Crippen LogP contribution in [0.15, 0.2) is 21.2 Å². The molecule has 3 nitrogen and oxygen atoms in total. The quantitative estimate of drug-likeness (QED) is 0.863. The zero-order valence-electron chi connectivity index (χ0n) is 7.25. The van der Waals surface area contributed by atoms with E-state index in [4.69, 9.17) is 14.9 Å². The molecule has 0 bridgehead atoms. The molecule has 0 saturated carbocycles. The van der Waals surface area contributed by atoms with Gasteiger partial charge >= 0.3 is 0 Å². The average Bonchev–Trinajstić information content (AvgIpc) is 2.73. The molecule has 0 aromatic carbocycles. The molecule has 1 unspecified atom stereocenters. The largest absolute Gasteiger partial charge is 0.454 e. The third-order valence-corrected chi connectivity index (χ3v) is 3.02. The first-order chi connectivity index (χ1) is 6.27. The molecule has 1 atom stereocenters. The fraction of sp³-hybridized carbons (Fsp3) is 0.556. The zero-order chi connectivity index (χ0) is 9.31. The molecule has 1 saturated heterocycles. The van der Waals surface area contributed by atoms with Crippen LogP contribution in [0.1, 0.15) is 12.2 Å². The van der Waals surface area contributed by atoms with E-state index in [2.05, 4.69) is 15.9 Å². The minimum atomic E-state index is -0.0912. The van der Waals surface area contributed by atoms with E-state index >= 15 is 0 Å². The van der Waals surface area contributed by atoms with Gasteiger partial charge in [0, 0.05) is 13.2 Å². The molecule has 1 aromatic rings. The third kappa shape index (κ3) is 1.54. The summed E-state index contributed by atoms with van der Waals surface area (Å²) >= 11 is 3.28. The van der Waals surface area contributed by atoms with Crippen LogP contribution in [0.3, 0.4) is 0 Å². The molecular weight excluding hydrogens is 234 g/mol. The molecule has 72 valence electrons. The van der Waals surface area contributed by atoms with Crippen molar-refractivity contribution in [1.29, 1.82) is 0 Å². The summed E-state index contributed by atoms with van der Waals surface area (Å²) in [6, 6.07) is 3.86. The van der Waals surface area contributed by atoms with E-state index in [0.717, 1.165) is 23.5 Å².